The predicted molar refractivity (Wildman–Crippen MR) is 53.6 cm³/mol. The van der Waals surface area contributed by atoms with E-state index in [0.717, 1.165) is 0 Å². The molecule has 1 aromatic rings. The number of carbonyl (C=O) groups is 1. The molecular weight excluding hydrogens is 196 g/mol. The van der Waals surface area contributed by atoms with Crippen molar-refractivity contribution in [1.82, 2.24) is 0 Å². The third-order valence-electron chi connectivity index (χ3n) is 1.82. The van der Waals surface area contributed by atoms with E-state index in [9.17, 15) is 9.59 Å². The maximum atomic E-state index is 11.3. The smallest absolute Gasteiger partial charge is 0.239 e. The molecule has 0 fully saturated rings. The summed E-state index contributed by atoms with van der Waals surface area (Å²) in [6, 6.07) is 6.20. The highest BCUT2D eigenvalue weighted by molar-refractivity contribution is 5.99. The van der Waals surface area contributed by atoms with Gasteiger partial charge in [0.1, 0.15) is 11.9 Å². The van der Waals surface area contributed by atoms with Gasteiger partial charge in [-0.1, -0.05) is 0 Å². The molecule has 0 aromatic heterocycles. The molecule has 1 radical (unpaired) electrons. The number of benzene rings is 1. The highest BCUT2D eigenvalue weighted by Crippen LogP contribution is 2.13. The Balaban J connectivity index is 2.71. The van der Waals surface area contributed by atoms with Gasteiger partial charge in [-0.05, 0) is 31.2 Å². The Labute approximate surface area is 87.5 Å². The lowest BCUT2D eigenvalue weighted by Gasteiger charge is -2.05. The van der Waals surface area contributed by atoms with Gasteiger partial charge in [0, 0.05) is 5.56 Å². The Morgan fingerprint density at radius 3 is 2.53 bits per heavy atom. The molecule has 79 valence electrons. The van der Waals surface area contributed by atoms with Crippen LogP contribution in [0, 0.1) is 0 Å². The number of hydrogen-bond donors (Lipinski definition) is 1. The van der Waals surface area contributed by atoms with Crippen LogP contribution in [0.4, 0.5) is 0 Å². The van der Waals surface area contributed by atoms with Gasteiger partial charge in [0.15, 0.2) is 12.4 Å². The van der Waals surface area contributed by atoms with Crippen molar-refractivity contribution in [2.75, 3.05) is 6.61 Å². The van der Waals surface area contributed by atoms with Crippen LogP contribution in [0.5, 0.6) is 5.75 Å². The molecule has 0 saturated carbocycles. The quantitative estimate of drug-likeness (QED) is 0.723. The Hall–Kier alpha value is -1.68. The number of rotatable bonds is 5. The molecule has 0 spiro atoms. The second kappa shape index (κ2) is 5.26. The Morgan fingerprint density at radius 1 is 1.47 bits per heavy atom. The van der Waals surface area contributed by atoms with Crippen LogP contribution >= 0.6 is 0 Å². The molecular formula is C11H11O4. The summed E-state index contributed by atoms with van der Waals surface area (Å²) in [5, 5.41) is 9.05. The van der Waals surface area contributed by atoms with Crippen LogP contribution in [0.15, 0.2) is 24.3 Å². The molecule has 0 aliphatic heterocycles. The minimum Gasteiger partial charge on any atom is -0.485 e. The lowest BCUT2D eigenvalue weighted by Crippen LogP contribution is -2.15. The van der Waals surface area contributed by atoms with Crippen molar-refractivity contribution in [3.63, 3.8) is 0 Å². The van der Waals surface area contributed by atoms with E-state index in [2.05, 4.69) is 0 Å². The number of aliphatic hydroxyl groups is 1. The fourth-order valence-corrected chi connectivity index (χ4v) is 1.07. The van der Waals surface area contributed by atoms with E-state index in [4.69, 9.17) is 9.84 Å². The van der Waals surface area contributed by atoms with Gasteiger partial charge < -0.3 is 9.84 Å². The highest BCUT2D eigenvalue weighted by atomic mass is 16.5. The monoisotopic (exact) mass is 207 g/mol. The van der Waals surface area contributed by atoms with Crippen LogP contribution < -0.4 is 4.74 Å². The van der Waals surface area contributed by atoms with E-state index in [1.165, 1.54) is 19.1 Å². The number of hydrogen-bond acceptors (Lipinski definition) is 4. The summed E-state index contributed by atoms with van der Waals surface area (Å²) in [6.07, 6.45) is 0.579. The topological polar surface area (TPSA) is 63.6 Å². The molecule has 0 heterocycles. The molecule has 0 aliphatic rings. The standard InChI is InChI=1S/C11H11O4/c1-8(13)11(14)9-2-4-10(5-3-9)15-7-6-12/h2-5,8,13H,7H2,1H3. The largest absolute Gasteiger partial charge is 0.485 e. The number of aliphatic hydroxyl groups excluding tert-OH is 1. The average Bonchev–Trinajstić information content (AvgIpc) is 2.26. The van der Waals surface area contributed by atoms with Crippen LogP contribution in [0.2, 0.25) is 0 Å². The van der Waals surface area contributed by atoms with Gasteiger partial charge in [0.25, 0.3) is 0 Å². The Bertz CT molecular complexity index is 340. The van der Waals surface area contributed by atoms with E-state index in [-0.39, 0.29) is 12.4 Å². The first-order valence-corrected chi connectivity index (χ1v) is 4.45. The van der Waals surface area contributed by atoms with Crippen molar-refractivity contribution in [2.45, 2.75) is 13.0 Å². The molecule has 15 heavy (non-hydrogen) atoms. The first-order chi connectivity index (χ1) is 7.15. The molecule has 1 aromatic carbocycles. The van der Waals surface area contributed by atoms with Crippen molar-refractivity contribution < 1.29 is 19.4 Å². The number of carbonyl (C=O) groups excluding carboxylic acids is 2. The average molecular weight is 207 g/mol. The van der Waals surface area contributed by atoms with Crippen LogP contribution in [0.25, 0.3) is 0 Å². The summed E-state index contributed by atoms with van der Waals surface area (Å²) in [7, 11) is 0. The summed E-state index contributed by atoms with van der Waals surface area (Å²) >= 11 is 0. The molecule has 0 amide bonds. The van der Waals surface area contributed by atoms with Crippen LogP contribution in [0.3, 0.4) is 0 Å². The van der Waals surface area contributed by atoms with Crippen molar-refractivity contribution in [1.29, 1.82) is 0 Å². The lowest BCUT2D eigenvalue weighted by atomic mass is 10.1. The van der Waals surface area contributed by atoms with Gasteiger partial charge >= 0.3 is 0 Å². The third kappa shape index (κ3) is 3.18. The number of ether oxygens (including phenoxy) is 1. The Kier molecular flexibility index (Phi) is 4.00. The third-order valence-corrected chi connectivity index (χ3v) is 1.82. The first-order valence-electron chi connectivity index (χ1n) is 4.45. The molecule has 1 rings (SSSR count). The SMILES string of the molecule is CC(O)C(=O)c1ccc(OC[C]=O)cc1. The zero-order valence-corrected chi connectivity index (χ0v) is 8.27. The van der Waals surface area contributed by atoms with Gasteiger partial charge in [-0.2, -0.15) is 0 Å². The zero-order valence-electron chi connectivity index (χ0n) is 8.27. The highest BCUT2D eigenvalue weighted by Gasteiger charge is 2.11. The van der Waals surface area contributed by atoms with Crippen LogP contribution in [0.1, 0.15) is 17.3 Å². The van der Waals surface area contributed by atoms with E-state index in [1.807, 2.05) is 0 Å². The van der Waals surface area contributed by atoms with Crippen molar-refractivity contribution in [3.05, 3.63) is 29.8 Å². The van der Waals surface area contributed by atoms with E-state index in [1.54, 1.807) is 18.4 Å². The molecule has 1 atom stereocenters. The fraction of sp³-hybridized carbons (Fsp3) is 0.273. The maximum Gasteiger partial charge on any atom is 0.239 e. The lowest BCUT2D eigenvalue weighted by molar-refractivity contribution is 0.0779. The second-order valence-corrected chi connectivity index (χ2v) is 3.00. The summed E-state index contributed by atoms with van der Waals surface area (Å²) in [5.41, 5.74) is 0.410. The first kappa shape index (κ1) is 11.4. The summed E-state index contributed by atoms with van der Waals surface area (Å²) in [6.45, 7) is 1.28. The summed E-state index contributed by atoms with van der Waals surface area (Å²) < 4.78 is 4.95. The van der Waals surface area contributed by atoms with Gasteiger partial charge in [-0.25, -0.2) is 0 Å². The molecule has 0 aliphatic carbocycles. The molecule has 0 bridgehead atoms. The molecule has 1 unspecified atom stereocenters. The van der Waals surface area contributed by atoms with Gasteiger partial charge in [-0.15, -0.1) is 0 Å². The Morgan fingerprint density at radius 2 is 2.07 bits per heavy atom. The number of ketones is 1. The minimum absolute atomic E-state index is 0.135. The maximum absolute atomic E-state index is 11.3. The summed E-state index contributed by atoms with van der Waals surface area (Å²) in [4.78, 5) is 21.2. The van der Waals surface area contributed by atoms with Crippen molar-refractivity contribution >= 4 is 12.1 Å². The molecule has 1 N–H and O–H groups in total. The minimum atomic E-state index is -1.01. The van der Waals surface area contributed by atoms with E-state index < -0.39 is 6.10 Å². The van der Waals surface area contributed by atoms with Crippen molar-refractivity contribution in [3.8, 4) is 5.75 Å². The van der Waals surface area contributed by atoms with Crippen LogP contribution in [-0.4, -0.2) is 29.9 Å². The molecule has 4 heteroatoms. The zero-order chi connectivity index (χ0) is 11.3. The normalized spacial score (nSPS) is 11.9. The molecule has 4 nitrogen and oxygen atoms in total. The summed E-state index contributed by atoms with van der Waals surface area (Å²) in [5.74, 6) is 0.143. The van der Waals surface area contributed by atoms with Gasteiger partial charge in [0.05, 0.1) is 0 Å². The second-order valence-electron chi connectivity index (χ2n) is 3.00. The van der Waals surface area contributed by atoms with E-state index >= 15 is 0 Å². The fourth-order valence-electron chi connectivity index (χ4n) is 1.07. The van der Waals surface area contributed by atoms with Crippen molar-refractivity contribution in [2.24, 2.45) is 0 Å². The van der Waals surface area contributed by atoms with Gasteiger partial charge in [-0.3, -0.25) is 9.59 Å². The predicted octanol–water partition coefficient (Wildman–Crippen LogP) is 0.739. The van der Waals surface area contributed by atoms with E-state index in [0.29, 0.717) is 11.3 Å². The molecule has 0 saturated heterocycles. The van der Waals surface area contributed by atoms with Gasteiger partial charge in [0.2, 0.25) is 6.29 Å². The number of Topliss-reactive ketones (excluding diaryl/α,β-unsaturated/α-hetero) is 1. The van der Waals surface area contributed by atoms with Crippen LogP contribution in [-0.2, 0) is 4.79 Å².